The zero-order valence-electron chi connectivity index (χ0n) is 9.73. The molecule has 1 saturated heterocycles. The lowest BCUT2D eigenvalue weighted by molar-refractivity contribution is -0.137. The van der Waals surface area contributed by atoms with E-state index in [0.29, 0.717) is 13.1 Å². The van der Waals surface area contributed by atoms with Crippen LogP contribution >= 0.6 is 12.4 Å². The van der Waals surface area contributed by atoms with Crippen molar-refractivity contribution in [2.24, 2.45) is 5.73 Å². The van der Waals surface area contributed by atoms with Crippen molar-refractivity contribution < 1.29 is 9.59 Å². The summed E-state index contributed by atoms with van der Waals surface area (Å²) in [5.74, 6) is -0.117. The third-order valence-corrected chi connectivity index (χ3v) is 2.70. The number of hydrogen-bond acceptors (Lipinski definition) is 3. The van der Waals surface area contributed by atoms with Gasteiger partial charge in [0.05, 0.1) is 0 Å². The molecular formula is C10H20ClN3O2. The maximum Gasteiger partial charge on any atom is 0.243 e. The van der Waals surface area contributed by atoms with Gasteiger partial charge in [-0.15, -0.1) is 12.4 Å². The molecule has 1 aliphatic rings. The second kappa shape index (κ2) is 6.70. The van der Waals surface area contributed by atoms with E-state index in [1.54, 1.807) is 4.90 Å². The Bertz CT molecular complexity index is 260. The van der Waals surface area contributed by atoms with Gasteiger partial charge in [-0.05, 0) is 19.8 Å². The number of nitrogens with one attached hydrogen (secondary N) is 1. The first-order valence-corrected chi connectivity index (χ1v) is 5.34. The zero-order chi connectivity index (χ0) is 11.4. The number of halogens is 1. The van der Waals surface area contributed by atoms with E-state index >= 15 is 0 Å². The number of amides is 2. The summed E-state index contributed by atoms with van der Waals surface area (Å²) in [5, 5.41) is 2.80. The third-order valence-electron chi connectivity index (χ3n) is 2.70. The van der Waals surface area contributed by atoms with Crippen molar-refractivity contribution in [2.75, 3.05) is 13.1 Å². The van der Waals surface area contributed by atoms with E-state index in [4.69, 9.17) is 5.73 Å². The van der Waals surface area contributed by atoms with Crippen LogP contribution in [0.3, 0.4) is 0 Å². The van der Waals surface area contributed by atoms with Gasteiger partial charge in [-0.1, -0.05) is 0 Å². The first kappa shape index (κ1) is 15.2. The Kier molecular flexibility index (Phi) is 6.36. The maximum absolute atomic E-state index is 11.8. The fourth-order valence-corrected chi connectivity index (χ4v) is 1.81. The largest absolute Gasteiger partial charge is 0.351 e. The summed E-state index contributed by atoms with van der Waals surface area (Å²) in [7, 11) is 0. The van der Waals surface area contributed by atoms with Gasteiger partial charge >= 0.3 is 0 Å². The van der Waals surface area contributed by atoms with Crippen LogP contribution in [0.1, 0.15) is 26.7 Å². The Morgan fingerprint density at radius 2 is 2.19 bits per heavy atom. The van der Waals surface area contributed by atoms with E-state index in [2.05, 4.69) is 5.32 Å². The number of hydrogen-bond donors (Lipinski definition) is 2. The minimum Gasteiger partial charge on any atom is -0.351 e. The van der Waals surface area contributed by atoms with Crippen molar-refractivity contribution in [2.45, 2.75) is 38.8 Å². The minimum atomic E-state index is -0.295. The molecule has 0 aromatic rings. The van der Waals surface area contributed by atoms with Crippen molar-refractivity contribution >= 4 is 24.2 Å². The monoisotopic (exact) mass is 249 g/mol. The summed E-state index contributed by atoms with van der Waals surface area (Å²) >= 11 is 0. The summed E-state index contributed by atoms with van der Waals surface area (Å²) in [5.41, 5.74) is 5.42. The van der Waals surface area contributed by atoms with E-state index in [0.717, 1.165) is 12.8 Å². The lowest BCUT2D eigenvalue weighted by Gasteiger charge is -2.23. The number of nitrogens with two attached hydrogens (primary N) is 1. The quantitative estimate of drug-likeness (QED) is 0.733. The van der Waals surface area contributed by atoms with Crippen molar-refractivity contribution in [3.8, 4) is 0 Å². The highest BCUT2D eigenvalue weighted by molar-refractivity contribution is 5.87. The summed E-state index contributed by atoms with van der Waals surface area (Å²) in [4.78, 5) is 24.6. The highest BCUT2D eigenvalue weighted by Gasteiger charge is 2.32. The van der Waals surface area contributed by atoms with Crippen LogP contribution in [0.5, 0.6) is 0 Å². The number of nitrogens with zero attached hydrogens (tertiary/aromatic N) is 1. The highest BCUT2D eigenvalue weighted by Crippen LogP contribution is 2.17. The van der Waals surface area contributed by atoms with E-state index in [-0.39, 0.29) is 36.3 Å². The fraction of sp³-hybridized carbons (Fsp3) is 0.800. The molecule has 16 heavy (non-hydrogen) atoms. The van der Waals surface area contributed by atoms with Gasteiger partial charge in [0.2, 0.25) is 11.8 Å². The van der Waals surface area contributed by atoms with Crippen molar-refractivity contribution in [3.63, 3.8) is 0 Å². The molecule has 3 N–H and O–H groups in total. The Morgan fingerprint density at radius 3 is 2.69 bits per heavy atom. The molecule has 0 aromatic carbocycles. The molecule has 0 aliphatic carbocycles. The van der Waals surface area contributed by atoms with Gasteiger partial charge in [0.1, 0.15) is 6.04 Å². The number of carbonyl (C=O) groups excluding carboxylic acids is 2. The molecule has 1 rings (SSSR count). The van der Waals surface area contributed by atoms with Gasteiger partial charge in [0, 0.05) is 26.1 Å². The molecule has 1 heterocycles. The lowest BCUT2D eigenvalue weighted by Crippen LogP contribution is -2.49. The predicted molar refractivity (Wildman–Crippen MR) is 64.3 cm³/mol. The Labute approximate surface area is 102 Å². The molecule has 0 saturated carbocycles. The second-order valence-electron chi connectivity index (χ2n) is 4.02. The van der Waals surface area contributed by atoms with Crippen LogP contribution in [-0.2, 0) is 9.59 Å². The van der Waals surface area contributed by atoms with Crippen LogP contribution in [0, 0.1) is 0 Å². The predicted octanol–water partition coefficient (Wildman–Crippen LogP) is -0.117. The first-order chi connectivity index (χ1) is 7.06. The molecule has 2 amide bonds. The SMILES string of the molecule is CC(=O)N1CCCC1C(=O)N[C@H](C)CN.Cl. The topological polar surface area (TPSA) is 75.4 Å². The minimum absolute atomic E-state index is 0. The van der Waals surface area contributed by atoms with Gasteiger partial charge in [0.25, 0.3) is 0 Å². The summed E-state index contributed by atoms with van der Waals surface area (Å²) in [6.07, 6.45) is 1.65. The third kappa shape index (κ3) is 3.64. The van der Waals surface area contributed by atoms with Gasteiger partial charge in [-0.2, -0.15) is 0 Å². The van der Waals surface area contributed by atoms with E-state index in [1.165, 1.54) is 6.92 Å². The van der Waals surface area contributed by atoms with Gasteiger partial charge < -0.3 is 16.0 Å². The molecule has 6 heteroatoms. The summed E-state index contributed by atoms with van der Waals surface area (Å²) in [6.45, 7) is 4.45. The first-order valence-electron chi connectivity index (χ1n) is 5.34. The average Bonchev–Trinajstić information content (AvgIpc) is 2.65. The van der Waals surface area contributed by atoms with Gasteiger partial charge in [-0.3, -0.25) is 9.59 Å². The smallest absolute Gasteiger partial charge is 0.243 e. The van der Waals surface area contributed by atoms with Crippen molar-refractivity contribution in [3.05, 3.63) is 0 Å². The molecular weight excluding hydrogens is 230 g/mol. The molecule has 0 aromatic heterocycles. The second-order valence-corrected chi connectivity index (χ2v) is 4.02. The average molecular weight is 250 g/mol. The van der Waals surface area contributed by atoms with Crippen LogP contribution in [0.2, 0.25) is 0 Å². The van der Waals surface area contributed by atoms with Crippen molar-refractivity contribution in [1.29, 1.82) is 0 Å². The van der Waals surface area contributed by atoms with Crippen LogP contribution < -0.4 is 11.1 Å². The van der Waals surface area contributed by atoms with E-state index < -0.39 is 0 Å². The fourth-order valence-electron chi connectivity index (χ4n) is 1.81. The number of likely N-dealkylation sites (tertiary alicyclic amines) is 1. The Balaban J connectivity index is 0.00000225. The Hall–Kier alpha value is -0.810. The maximum atomic E-state index is 11.8. The lowest BCUT2D eigenvalue weighted by atomic mass is 10.2. The summed E-state index contributed by atoms with van der Waals surface area (Å²) < 4.78 is 0. The highest BCUT2D eigenvalue weighted by atomic mass is 35.5. The Morgan fingerprint density at radius 1 is 1.56 bits per heavy atom. The molecule has 5 nitrogen and oxygen atoms in total. The number of carbonyl (C=O) groups is 2. The molecule has 2 atom stereocenters. The van der Waals surface area contributed by atoms with Crippen LogP contribution in [0.4, 0.5) is 0 Å². The van der Waals surface area contributed by atoms with Gasteiger partial charge in [-0.25, -0.2) is 0 Å². The molecule has 1 aliphatic heterocycles. The molecule has 1 unspecified atom stereocenters. The van der Waals surface area contributed by atoms with Gasteiger partial charge in [0.15, 0.2) is 0 Å². The van der Waals surface area contributed by atoms with E-state index in [9.17, 15) is 9.59 Å². The molecule has 0 radical (unpaired) electrons. The standard InChI is InChI=1S/C10H19N3O2.ClH/c1-7(6-11)12-10(15)9-4-3-5-13(9)8(2)14;/h7,9H,3-6,11H2,1-2H3,(H,12,15);1H/t7-,9?;/m1./s1. The molecule has 0 spiro atoms. The summed E-state index contributed by atoms with van der Waals surface area (Å²) in [6, 6.07) is -0.330. The van der Waals surface area contributed by atoms with E-state index in [1.807, 2.05) is 6.92 Å². The van der Waals surface area contributed by atoms with Crippen molar-refractivity contribution in [1.82, 2.24) is 10.2 Å². The zero-order valence-corrected chi connectivity index (χ0v) is 10.5. The molecule has 0 bridgehead atoms. The number of rotatable bonds is 3. The van der Waals surface area contributed by atoms with Crippen LogP contribution in [-0.4, -0.2) is 41.9 Å². The molecule has 94 valence electrons. The van der Waals surface area contributed by atoms with Crippen LogP contribution in [0.25, 0.3) is 0 Å². The molecule has 1 fully saturated rings. The van der Waals surface area contributed by atoms with Crippen LogP contribution in [0.15, 0.2) is 0 Å². The normalized spacial score (nSPS) is 21.2.